The minimum atomic E-state index is -5.09. The number of rotatable bonds is 2. The standard InChI is InChI=1S/C16H16F3N3O3/c17-16(18,19)15(24)21-13(20)9-3-4-10-7-22(14(23)12(10)6-9)11-2-1-5-25-8-11/h3-4,6,11H,1-2,5,7-8H2,(H2,20,21,24)/t11-/m0/s1. The van der Waals surface area contributed by atoms with Crippen molar-refractivity contribution >= 4 is 17.6 Å². The highest BCUT2D eigenvalue weighted by Gasteiger charge is 2.39. The zero-order chi connectivity index (χ0) is 18.2. The first kappa shape index (κ1) is 17.4. The number of hydrogen-bond acceptors (Lipinski definition) is 3. The van der Waals surface area contributed by atoms with Crippen molar-refractivity contribution in [3.63, 3.8) is 0 Å². The van der Waals surface area contributed by atoms with Crippen LogP contribution in [-0.2, 0) is 16.1 Å². The maximum atomic E-state index is 12.6. The maximum Gasteiger partial charge on any atom is 0.473 e. The number of carbonyl (C=O) groups excluding carboxylic acids is 2. The lowest BCUT2D eigenvalue weighted by molar-refractivity contribution is -0.169. The zero-order valence-electron chi connectivity index (χ0n) is 13.2. The average molecular weight is 355 g/mol. The van der Waals surface area contributed by atoms with E-state index in [0.29, 0.717) is 25.3 Å². The Morgan fingerprint density at radius 2 is 2.12 bits per heavy atom. The van der Waals surface area contributed by atoms with Crippen molar-refractivity contribution in [1.29, 1.82) is 0 Å². The number of alkyl halides is 3. The summed E-state index contributed by atoms with van der Waals surface area (Å²) in [7, 11) is 0. The SMILES string of the molecule is NC(=NC(=O)C(F)(F)F)c1ccc2c(c1)C(=O)N([C@H]1CCCOC1)C2. The molecule has 9 heteroatoms. The van der Waals surface area contributed by atoms with Gasteiger partial charge < -0.3 is 15.4 Å². The van der Waals surface area contributed by atoms with Crippen LogP contribution >= 0.6 is 0 Å². The van der Waals surface area contributed by atoms with E-state index in [1.165, 1.54) is 12.1 Å². The number of amides is 2. The lowest BCUT2D eigenvalue weighted by atomic mass is 10.1. The van der Waals surface area contributed by atoms with E-state index in [-0.39, 0.29) is 17.5 Å². The topological polar surface area (TPSA) is 85.0 Å². The number of fused-ring (bicyclic) bond motifs is 1. The molecule has 1 fully saturated rings. The third-order valence-corrected chi connectivity index (χ3v) is 4.28. The molecular formula is C16H16F3N3O3. The Hall–Kier alpha value is -2.42. The van der Waals surface area contributed by atoms with Gasteiger partial charge in [0.1, 0.15) is 5.84 Å². The van der Waals surface area contributed by atoms with E-state index in [9.17, 15) is 22.8 Å². The molecule has 6 nitrogen and oxygen atoms in total. The number of hydrogen-bond donors (Lipinski definition) is 1. The van der Waals surface area contributed by atoms with Crippen LogP contribution in [0.1, 0.15) is 34.3 Å². The monoisotopic (exact) mass is 355 g/mol. The molecule has 2 N–H and O–H groups in total. The maximum absolute atomic E-state index is 12.6. The van der Waals surface area contributed by atoms with Crippen LogP contribution in [0.4, 0.5) is 13.2 Å². The van der Waals surface area contributed by atoms with Gasteiger partial charge in [0, 0.05) is 24.3 Å². The van der Waals surface area contributed by atoms with E-state index < -0.39 is 17.9 Å². The van der Waals surface area contributed by atoms with Crippen LogP contribution in [0.3, 0.4) is 0 Å². The fraction of sp³-hybridized carbons (Fsp3) is 0.438. The van der Waals surface area contributed by atoms with Crippen LogP contribution in [-0.4, -0.2) is 48.0 Å². The minimum Gasteiger partial charge on any atom is -0.383 e. The van der Waals surface area contributed by atoms with Gasteiger partial charge >= 0.3 is 12.1 Å². The molecule has 1 aromatic rings. The molecule has 0 spiro atoms. The van der Waals surface area contributed by atoms with Gasteiger partial charge in [0.15, 0.2) is 0 Å². The minimum absolute atomic E-state index is 0.0186. The van der Waals surface area contributed by atoms with E-state index >= 15 is 0 Å². The summed E-state index contributed by atoms with van der Waals surface area (Å²) in [6, 6.07) is 4.43. The molecule has 0 unspecified atom stereocenters. The van der Waals surface area contributed by atoms with Crippen molar-refractivity contribution in [1.82, 2.24) is 4.90 Å². The van der Waals surface area contributed by atoms with Gasteiger partial charge in [-0.2, -0.15) is 18.2 Å². The Morgan fingerprint density at radius 3 is 2.76 bits per heavy atom. The van der Waals surface area contributed by atoms with Gasteiger partial charge in [0.2, 0.25) is 0 Å². The third-order valence-electron chi connectivity index (χ3n) is 4.28. The van der Waals surface area contributed by atoms with Gasteiger partial charge in [0.25, 0.3) is 5.91 Å². The van der Waals surface area contributed by atoms with Crippen molar-refractivity contribution in [2.24, 2.45) is 10.7 Å². The number of nitrogens with zero attached hydrogens (tertiary/aromatic N) is 2. The number of benzene rings is 1. The van der Waals surface area contributed by atoms with Crippen LogP contribution in [0.5, 0.6) is 0 Å². The molecule has 0 aliphatic carbocycles. The Labute approximate surface area is 141 Å². The normalized spacial score (nSPS) is 21.4. The predicted molar refractivity (Wildman–Crippen MR) is 81.9 cm³/mol. The second-order valence-corrected chi connectivity index (χ2v) is 5.98. The average Bonchev–Trinajstić information content (AvgIpc) is 2.91. The van der Waals surface area contributed by atoms with Crippen LogP contribution in [0.25, 0.3) is 0 Å². The molecule has 0 aromatic heterocycles. The molecule has 0 saturated carbocycles. The molecule has 1 atom stereocenters. The van der Waals surface area contributed by atoms with Gasteiger partial charge in [-0.05, 0) is 24.5 Å². The summed E-state index contributed by atoms with van der Waals surface area (Å²) >= 11 is 0. The summed E-state index contributed by atoms with van der Waals surface area (Å²) in [6.45, 7) is 1.56. The van der Waals surface area contributed by atoms with Crippen molar-refractivity contribution in [2.75, 3.05) is 13.2 Å². The second kappa shape index (κ2) is 6.47. The lowest BCUT2D eigenvalue weighted by Crippen LogP contribution is -2.41. The highest BCUT2D eigenvalue weighted by atomic mass is 19.4. The Balaban J connectivity index is 1.82. The number of carbonyl (C=O) groups is 2. The summed E-state index contributed by atoms with van der Waals surface area (Å²) in [4.78, 5) is 28.1. The van der Waals surface area contributed by atoms with E-state index in [1.807, 2.05) is 0 Å². The van der Waals surface area contributed by atoms with Crippen LogP contribution in [0.2, 0.25) is 0 Å². The zero-order valence-corrected chi connectivity index (χ0v) is 13.2. The molecule has 3 rings (SSSR count). The lowest BCUT2D eigenvalue weighted by Gasteiger charge is -2.30. The first-order valence-corrected chi connectivity index (χ1v) is 7.74. The summed E-state index contributed by atoms with van der Waals surface area (Å²) in [5.41, 5.74) is 6.72. The fourth-order valence-electron chi connectivity index (χ4n) is 2.98. The van der Waals surface area contributed by atoms with Crippen LogP contribution in [0, 0.1) is 0 Å². The molecular weight excluding hydrogens is 339 g/mol. The van der Waals surface area contributed by atoms with Gasteiger partial charge in [0.05, 0.1) is 12.6 Å². The second-order valence-electron chi connectivity index (χ2n) is 5.98. The van der Waals surface area contributed by atoms with E-state index in [4.69, 9.17) is 10.5 Å². The van der Waals surface area contributed by atoms with Gasteiger partial charge in [-0.1, -0.05) is 12.1 Å². The number of amidine groups is 1. The van der Waals surface area contributed by atoms with Crippen molar-refractivity contribution in [2.45, 2.75) is 31.6 Å². The van der Waals surface area contributed by atoms with Crippen molar-refractivity contribution in [3.8, 4) is 0 Å². The third kappa shape index (κ3) is 3.51. The Morgan fingerprint density at radius 1 is 1.36 bits per heavy atom. The van der Waals surface area contributed by atoms with Crippen molar-refractivity contribution in [3.05, 3.63) is 34.9 Å². The molecule has 0 radical (unpaired) electrons. The van der Waals surface area contributed by atoms with E-state index in [2.05, 4.69) is 4.99 Å². The molecule has 1 saturated heterocycles. The quantitative estimate of drug-likeness (QED) is 0.645. The van der Waals surface area contributed by atoms with Gasteiger partial charge in [-0.15, -0.1) is 0 Å². The Kier molecular flexibility index (Phi) is 4.51. The van der Waals surface area contributed by atoms with E-state index in [1.54, 1.807) is 11.0 Å². The first-order valence-electron chi connectivity index (χ1n) is 7.74. The molecule has 134 valence electrons. The molecule has 2 heterocycles. The highest BCUT2D eigenvalue weighted by molar-refractivity contribution is 6.07. The summed E-state index contributed by atoms with van der Waals surface area (Å²) in [5, 5.41) is 0. The number of halogens is 3. The largest absolute Gasteiger partial charge is 0.473 e. The van der Waals surface area contributed by atoms with E-state index in [0.717, 1.165) is 18.4 Å². The summed E-state index contributed by atoms with van der Waals surface area (Å²) < 4.78 is 42.2. The highest BCUT2D eigenvalue weighted by Crippen LogP contribution is 2.28. The molecule has 2 aliphatic rings. The predicted octanol–water partition coefficient (Wildman–Crippen LogP) is 1.62. The number of ether oxygens (including phenoxy) is 1. The fourth-order valence-corrected chi connectivity index (χ4v) is 2.98. The van der Waals surface area contributed by atoms with Crippen molar-refractivity contribution < 1.29 is 27.5 Å². The molecule has 1 aromatic carbocycles. The number of nitrogens with two attached hydrogens (primary N) is 1. The smallest absolute Gasteiger partial charge is 0.383 e. The molecule has 0 bridgehead atoms. The summed E-state index contributed by atoms with van der Waals surface area (Å²) in [6.07, 6.45) is -3.37. The molecule has 2 amide bonds. The Bertz CT molecular complexity index is 740. The van der Waals surface area contributed by atoms with Gasteiger partial charge in [-0.3, -0.25) is 9.59 Å². The number of aliphatic imine (C=N–C) groups is 1. The first-order chi connectivity index (χ1) is 11.8. The van der Waals surface area contributed by atoms with Crippen LogP contribution < -0.4 is 5.73 Å². The van der Waals surface area contributed by atoms with Crippen LogP contribution in [0.15, 0.2) is 23.2 Å². The molecule has 2 aliphatic heterocycles. The van der Waals surface area contributed by atoms with Gasteiger partial charge in [-0.25, -0.2) is 0 Å². The summed E-state index contributed by atoms with van der Waals surface area (Å²) in [5.74, 6) is -3.07. The molecule has 25 heavy (non-hydrogen) atoms.